The van der Waals surface area contributed by atoms with Crippen molar-refractivity contribution in [2.75, 3.05) is 40.5 Å². The van der Waals surface area contributed by atoms with E-state index in [0.717, 1.165) is 38.5 Å². The lowest BCUT2D eigenvalue weighted by Gasteiger charge is -2.32. The van der Waals surface area contributed by atoms with Crippen molar-refractivity contribution >= 4 is 0 Å². The van der Waals surface area contributed by atoms with Gasteiger partial charge in [0.15, 0.2) is 0 Å². The highest BCUT2D eigenvalue weighted by atomic mass is 16.5. The number of methoxy groups -OCH3 is 2. The fourth-order valence-corrected chi connectivity index (χ4v) is 4.42. The number of hydrogen-bond donors (Lipinski definition) is 1. The van der Waals surface area contributed by atoms with E-state index in [1.807, 2.05) is 7.11 Å². The summed E-state index contributed by atoms with van der Waals surface area (Å²) >= 11 is 0. The van der Waals surface area contributed by atoms with Crippen molar-refractivity contribution in [2.45, 2.75) is 43.6 Å². The smallest absolute Gasteiger partial charge is 0.122 e. The SMILES string of the molecule is COc1ccccc1C1(CNCC(OC)C2CCOC2)CCCC1. The first-order valence-electron chi connectivity index (χ1n) is 9.24. The van der Waals surface area contributed by atoms with E-state index in [-0.39, 0.29) is 11.5 Å². The van der Waals surface area contributed by atoms with Crippen molar-refractivity contribution in [1.82, 2.24) is 5.32 Å². The zero-order valence-electron chi connectivity index (χ0n) is 15.1. The van der Waals surface area contributed by atoms with Gasteiger partial charge in [-0.1, -0.05) is 31.0 Å². The van der Waals surface area contributed by atoms with Gasteiger partial charge in [0.05, 0.1) is 19.8 Å². The average molecular weight is 333 g/mol. The molecule has 0 radical (unpaired) electrons. The Kier molecular flexibility index (Phi) is 6.14. The third-order valence-corrected chi connectivity index (χ3v) is 5.84. The summed E-state index contributed by atoms with van der Waals surface area (Å²) in [7, 11) is 3.59. The van der Waals surface area contributed by atoms with E-state index in [9.17, 15) is 0 Å². The lowest BCUT2D eigenvalue weighted by atomic mass is 9.78. The Labute approximate surface area is 145 Å². The summed E-state index contributed by atoms with van der Waals surface area (Å²) in [5, 5.41) is 3.71. The molecule has 2 unspecified atom stereocenters. The van der Waals surface area contributed by atoms with Gasteiger partial charge in [0.2, 0.25) is 0 Å². The summed E-state index contributed by atoms with van der Waals surface area (Å²) in [6, 6.07) is 8.51. The van der Waals surface area contributed by atoms with Gasteiger partial charge >= 0.3 is 0 Å². The van der Waals surface area contributed by atoms with E-state index >= 15 is 0 Å². The van der Waals surface area contributed by atoms with Gasteiger partial charge in [-0.15, -0.1) is 0 Å². The molecular formula is C20H31NO3. The highest BCUT2D eigenvalue weighted by molar-refractivity contribution is 5.40. The molecule has 1 aliphatic heterocycles. The third kappa shape index (κ3) is 3.76. The standard InChI is InChI=1S/C20H31NO3/c1-22-18-8-4-3-7-17(18)20(10-5-6-11-20)15-21-13-19(23-2)16-9-12-24-14-16/h3-4,7-8,16,19,21H,5-6,9-15H2,1-2H3. The number of ether oxygens (including phenoxy) is 3. The molecule has 1 aliphatic carbocycles. The Morgan fingerprint density at radius 2 is 2.04 bits per heavy atom. The fraction of sp³-hybridized carbons (Fsp3) is 0.700. The monoisotopic (exact) mass is 333 g/mol. The summed E-state index contributed by atoms with van der Waals surface area (Å²) in [4.78, 5) is 0. The Morgan fingerprint density at radius 3 is 2.71 bits per heavy atom. The van der Waals surface area contributed by atoms with Crippen LogP contribution in [-0.2, 0) is 14.9 Å². The van der Waals surface area contributed by atoms with Crippen LogP contribution >= 0.6 is 0 Å². The van der Waals surface area contributed by atoms with Crippen molar-refractivity contribution in [1.29, 1.82) is 0 Å². The van der Waals surface area contributed by atoms with Crippen LogP contribution in [0.15, 0.2) is 24.3 Å². The van der Waals surface area contributed by atoms with Gasteiger partial charge < -0.3 is 19.5 Å². The number of nitrogens with one attached hydrogen (secondary N) is 1. The topological polar surface area (TPSA) is 39.7 Å². The minimum atomic E-state index is 0.192. The lowest BCUT2D eigenvalue weighted by Crippen LogP contribution is -2.42. The molecule has 1 saturated heterocycles. The molecule has 1 saturated carbocycles. The Morgan fingerprint density at radius 1 is 1.25 bits per heavy atom. The van der Waals surface area contributed by atoms with E-state index in [0.29, 0.717) is 5.92 Å². The quantitative estimate of drug-likeness (QED) is 0.793. The van der Waals surface area contributed by atoms with Crippen LogP contribution in [0.25, 0.3) is 0 Å². The number of para-hydroxylation sites is 1. The zero-order valence-corrected chi connectivity index (χ0v) is 15.1. The van der Waals surface area contributed by atoms with Crippen LogP contribution in [0.1, 0.15) is 37.7 Å². The second-order valence-corrected chi connectivity index (χ2v) is 7.22. The Hall–Kier alpha value is -1.10. The number of rotatable bonds is 8. The maximum atomic E-state index is 5.72. The summed E-state index contributed by atoms with van der Waals surface area (Å²) < 4.78 is 16.9. The largest absolute Gasteiger partial charge is 0.496 e. The van der Waals surface area contributed by atoms with Gasteiger partial charge in [0, 0.05) is 43.7 Å². The Bertz CT molecular complexity index is 507. The van der Waals surface area contributed by atoms with Crippen LogP contribution in [0.2, 0.25) is 0 Å². The highest BCUT2D eigenvalue weighted by Crippen LogP contribution is 2.44. The van der Waals surface area contributed by atoms with E-state index in [1.165, 1.54) is 31.2 Å². The lowest BCUT2D eigenvalue weighted by molar-refractivity contribution is 0.0445. The molecule has 1 N–H and O–H groups in total. The molecule has 1 aromatic rings. The van der Waals surface area contributed by atoms with Crippen LogP contribution in [0.5, 0.6) is 5.75 Å². The van der Waals surface area contributed by atoms with Crippen molar-refractivity contribution in [3.05, 3.63) is 29.8 Å². The Balaban J connectivity index is 1.65. The molecule has 0 aromatic heterocycles. The van der Waals surface area contributed by atoms with E-state index in [4.69, 9.17) is 14.2 Å². The normalized spacial score (nSPS) is 24.2. The molecule has 134 valence electrons. The predicted octanol–water partition coefficient (Wildman–Crippen LogP) is 3.15. The summed E-state index contributed by atoms with van der Waals surface area (Å²) in [6.45, 7) is 3.58. The molecule has 24 heavy (non-hydrogen) atoms. The maximum Gasteiger partial charge on any atom is 0.122 e. The molecule has 4 heteroatoms. The summed E-state index contributed by atoms with van der Waals surface area (Å²) in [5.74, 6) is 1.54. The minimum Gasteiger partial charge on any atom is -0.496 e. The molecule has 1 heterocycles. The van der Waals surface area contributed by atoms with Gasteiger partial charge in [-0.3, -0.25) is 0 Å². The average Bonchev–Trinajstić information content (AvgIpc) is 3.31. The van der Waals surface area contributed by atoms with Crippen molar-refractivity contribution in [2.24, 2.45) is 5.92 Å². The van der Waals surface area contributed by atoms with Crippen LogP contribution in [0, 0.1) is 5.92 Å². The van der Waals surface area contributed by atoms with E-state index in [2.05, 4.69) is 29.6 Å². The predicted molar refractivity (Wildman–Crippen MR) is 95.7 cm³/mol. The molecule has 1 aromatic carbocycles. The molecule has 4 nitrogen and oxygen atoms in total. The number of benzene rings is 1. The third-order valence-electron chi connectivity index (χ3n) is 5.84. The van der Waals surface area contributed by atoms with Crippen molar-refractivity contribution in [3.8, 4) is 5.75 Å². The van der Waals surface area contributed by atoms with Gasteiger partial charge in [-0.05, 0) is 25.3 Å². The van der Waals surface area contributed by atoms with Crippen LogP contribution < -0.4 is 10.1 Å². The zero-order chi connectivity index (χ0) is 16.8. The summed E-state index contributed by atoms with van der Waals surface area (Å²) in [6.07, 6.45) is 6.39. The second kappa shape index (κ2) is 8.32. The molecule has 2 aliphatic rings. The van der Waals surface area contributed by atoms with Gasteiger partial charge in [0.25, 0.3) is 0 Å². The molecule has 0 amide bonds. The molecule has 0 spiro atoms. The van der Waals surface area contributed by atoms with E-state index in [1.54, 1.807) is 7.11 Å². The van der Waals surface area contributed by atoms with Crippen molar-refractivity contribution < 1.29 is 14.2 Å². The molecule has 3 rings (SSSR count). The van der Waals surface area contributed by atoms with Gasteiger partial charge in [-0.25, -0.2) is 0 Å². The minimum absolute atomic E-state index is 0.192. The molecular weight excluding hydrogens is 302 g/mol. The first-order chi connectivity index (χ1) is 11.8. The van der Waals surface area contributed by atoms with Crippen molar-refractivity contribution in [3.63, 3.8) is 0 Å². The van der Waals surface area contributed by atoms with Crippen LogP contribution in [0.4, 0.5) is 0 Å². The molecule has 2 atom stereocenters. The highest BCUT2D eigenvalue weighted by Gasteiger charge is 2.37. The van der Waals surface area contributed by atoms with Gasteiger partial charge in [-0.2, -0.15) is 0 Å². The maximum absolute atomic E-state index is 5.72. The van der Waals surface area contributed by atoms with E-state index < -0.39 is 0 Å². The number of hydrogen-bond acceptors (Lipinski definition) is 4. The molecule has 0 bridgehead atoms. The fourth-order valence-electron chi connectivity index (χ4n) is 4.42. The second-order valence-electron chi connectivity index (χ2n) is 7.22. The first kappa shape index (κ1) is 17.7. The van der Waals surface area contributed by atoms with Gasteiger partial charge in [0.1, 0.15) is 5.75 Å². The first-order valence-corrected chi connectivity index (χ1v) is 9.24. The van der Waals surface area contributed by atoms with Crippen LogP contribution in [-0.4, -0.2) is 46.6 Å². The molecule has 2 fully saturated rings. The summed E-state index contributed by atoms with van der Waals surface area (Å²) in [5.41, 5.74) is 1.55. The van der Waals surface area contributed by atoms with Crippen LogP contribution in [0.3, 0.4) is 0 Å².